The second kappa shape index (κ2) is 4.99. The average molecular weight is 270 g/mol. The number of hydrogen-bond donors (Lipinski definition) is 1. The quantitative estimate of drug-likeness (QED) is 0.764. The number of primary sulfonamides is 1. The van der Waals surface area contributed by atoms with Crippen LogP contribution in [0.1, 0.15) is 12.1 Å². The Hall–Kier alpha value is -1.54. The number of nitrogens with two attached hydrogens (primary N) is 1. The molecule has 1 unspecified atom stereocenters. The van der Waals surface area contributed by atoms with Crippen LogP contribution in [-0.2, 0) is 21.4 Å². The van der Waals surface area contributed by atoms with E-state index in [2.05, 4.69) is 9.97 Å². The number of likely N-dealkylation sites (tertiary alicyclic amines) is 1. The standard InChI is InChI=1S/C10H14N4O3S/c11-18(16,17)7-8-3-10(15)14(5-8)6-9-4-12-1-2-13-9/h1-2,4,8H,3,5-7H2,(H2,11,16,17). The van der Waals surface area contributed by atoms with Crippen molar-refractivity contribution in [2.75, 3.05) is 12.3 Å². The van der Waals surface area contributed by atoms with E-state index in [1.807, 2.05) is 0 Å². The molecule has 0 aromatic carbocycles. The molecule has 1 fully saturated rings. The van der Waals surface area contributed by atoms with Gasteiger partial charge >= 0.3 is 0 Å². The van der Waals surface area contributed by atoms with Crippen molar-refractivity contribution in [1.82, 2.24) is 14.9 Å². The van der Waals surface area contributed by atoms with E-state index in [1.165, 1.54) is 0 Å². The van der Waals surface area contributed by atoms with E-state index >= 15 is 0 Å². The minimum Gasteiger partial charge on any atom is -0.336 e. The molecule has 8 heteroatoms. The fraction of sp³-hybridized carbons (Fsp3) is 0.500. The highest BCUT2D eigenvalue weighted by Crippen LogP contribution is 2.20. The summed E-state index contributed by atoms with van der Waals surface area (Å²) < 4.78 is 22.0. The average Bonchev–Trinajstić information content (AvgIpc) is 2.58. The largest absolute Gasteiger partial charge is 0.336 e. The lowest BCUT2D eigenvalue weighted by atomic mass is 10.1. The van der Waals surface area contributed by atoms with E-state index in [1.54, 1.807) is 23.5 Å². The molecule has 98 valence electrons. The van der Waals surface area contributed by atoms with Crippen molar-refractivity contribution >= 4 is 15.9 Å². The lowest BCUT2D eigenvalue weighted by molar-refractivity contribution is -0.128. The van der Waals surface area contributed by atoms with Gasteiger partial charge in [0.15, 0.2) is 0 Å². The highest BCUT2D eigenvalue weighted by atomic mass is 32.2. The highest BCUT2D eigenvalue weighted by molar-refractivity contribution is 7.89. The minimum atomic E-state index is -3.53. The van der Waals surface area contributed by atoms with E-state index in [-0.39, 0.29) is 24.0 Å². The van der Waals surface area contributed by atoms with Gasteiger partial charge < -0.3 is 4.90 Å². The van der Waals surface area contributed by atoms with Crippen LogP contribution in [0.4, 0.5) is 0 Å². The third-order valence-electron chi connectivity index (χ3n) is 2.73. The lowest BCUT2D eigenvalue weighted by Gasteiger charge is -2.15. The van der Waals surface area contributed by atoms with Gasteiger partial charge in [0.25, 0.3) is 0 Å². The molecule has 1 aliphatic rings. The molecular weight excluding hydrogens is 256 g/mol. The van der Waals surface area contributed by atoms with Crippen molar-refractivity contribution in [3.8, 4) is 0 Å². The van der Waals surface area contributed by atoms with Gasteiger partial charge in [-0.2, -0.15) is 0 Å². The Bertz CT molecular complexity index is 531. The van der Waals surface area contributed by atoms with Crippen molar-refractivity contribution < 1.29 is 13.2 Å². The van der Waals surface area contributed by atoms with Crippen molar-refractivity contribution in [3.63, 3.8) is 0 Å². The Labute approximate surface area is 105 Å². The van der Waals surface area contributed by atoms with E-state index < -0.39 is 10.0 Å². The van der Waals surface area contributed by atoms with Crippen molar-refractivity contribution in [2.24, 2.45) is 11.1 Å². The van der Waals surface area contributed by atoms with Gasteiger partial charge in [-0.05, 0) is 0 Å². The predicted octanol–water partition coefficient (Wildman–Crippen LogP) is -0.886. The van der Waals surface area contributed by atoms with Crippen LogP contribution in [0, 0.1) is 5.92 Å². The fourth-order valence-electron chi connectivity index (χ4n) is 2.05. The molecule has 1 saturated heterocycles. The molecule has 0 saturated carbocycles. The molecule has 1 aromatic heterocycles. The third kappa shape index (κ3) is 3.47. The first-order chi connectivity index (χ1) is 8.44. The number of aromatic nitrogens is 2. The summed E-state index contributed by atoms with van der Waals surface area (Å²) in [5, 5.41) is 4.98. The van der Waals surface area contributed by atoms with Gasteiger partial charge in [0.2, 0.25) is 15.9 Å². The topological polar surface area (TPSA) is 106 Å². The first-order valence-electron chi connectivity index (χ1n) is 5.47. The zero-order chi connectivity index (χ0) is 13.2. The normalized spacial score (nSPS) is 20.4. The highest BCUT2D eigenvalue weighted by Gasteiger charge is 2.31. The number of hydrogen-bond acceptors (Lipinski definition) is 5. The molecule has 1 aliphatic heterocycles. The molecule has 0 spiro atoms. The molecule has 2 N–H and O–H groups in total. The summed E-state index contributed by atoms with van der Waals surface area (Å²) in [5.74, 6) is -0.464. The maximum absolute atomic E-state index is 11.7. The molecule has 7 nitrogen and oxygen atoms in total. The summed E-state index contributed by atoms with van der Waals surface area (Å²) in [6, 6.07) is 0. The van der Waals surface area contributed by atoms with E-state index in [0.29, 0.717) is 18.8 Å². The van der Waals surface area contributed by atoms with Gasteiger partial charge in [-0.1, -0.05) is 0 Å². The number of rotatable bonds is 4. The van der Waals surface area contributed by atoms with Crippen LogP contribution in [0.25, 0.3) is 0 Å². The van der Waals surface area contributed by atoms with Gasteiger partial charge in [0.05, 0.1) is 24.2 Å². The third-order valence-corrected chi connectivity index (χ3v) is 3.67. The molecule has 0 bridgehead atoms. The smallest absolute Gasteiger partial charge is 0.223 e. The number of nitrogens with zero attached hydrogens (tertiary/aromatic N) is 3. The molecule has 1 amide bonds. The van der Waals surface area contributed by atoms with Gasteiger partial charge in [-0.15, -0.1) is 0 Å². The Balaban J connectivity index is 1.98. The maximum Gasteiger partial charge on any atom is 0.223 e. The summed E-state index contributed by atoms with van der Waals surface area (Å²) >= 11 is 0. The summed E-state index contributed by atoms with van der Waals surface area (Å²) in [5.41, 5.74) is 0.683. The van der Waals surface area contributed by atoms with Crippen LogP contribution in [0.15, 0.2) is 18.6 Å². The Kier molecular flexibility index (Phi) is 3.58. The van der Waals surface area contributed by atoms with Crippen molar-refractivity contribution in [1.29, 1.82) is 0 Å². The Morgan fingerprint density at radius 3 is 2.83 bits per heavy atom. The molecule has 1 atom stereocenters. The first kappa shape index (κ1) is 12.9. The Morgan fingerprint density at radius 1 is 1.44 bits per heavy atom. The predicted molar refractivity (Wildman–Crippen MR) is 63.5 cm³/mol. The van der Waals surface area contributed by atoms with Crippen LogP contribution in [0.5, 0.6) is 0 Å². The van der Waals surface area contributed by atoms with Gasteiger partial charge in [-0.3, -0.25) is 14.8 Å². The SMILES string of the molecule is NS(=O)(=O)CC1CC(=O)N(Cc2cnccn2)C1. The zero-order valence-corrected chi connectivity index (χ0v) is 10.5. The van der Waals surface area contributed by atoms with Crippen LogP contribution >= 0.6 is 0 Å². The summed E-state index contributed by atoms with van der Waals surface area (Å²) in [7, 11) is -3.53. The van der Waals surface area contributed by atoms with Crippen LogP contribution in [-0.4, -0.2) is 41.5 Å². The number of carbonyl (C=O) groups excluding carboxylic acids is 1. The van der Waals surface area contributed by atoms with Gasteiger partial charge in [0.1, 0.15) is 0 Å². The number of amides is 1. The Morgan fingerprint density at radius 2 is 2.22 bits per heavy atom. The fourth-order valence-corrected chi connectivity index (χ4v) is 2.93. The molecule has 0 aliphatic carbocycles. The molecule has 18 heavy (non-hydrogen) atoms. The number of carbonyl (C=O) groups is 1. The minimum absolute atomic E-state index is 0.0747. The molecule has 2 heterocycles. The molecule has 2 rings (SSSR count). The van der Waals surface area contributed by atoms with Crippen molar-refractivity contribution in [3.05, 3.63) is 24.3 Å². The lowest BCUT2D eigenvalue weighted by Crippen LogP contribution is -2.27. The van der Waals surface area contributed by atoms with Crippen LogP contribution in [0.3, 0.4) is 0 Å². The van der Waals surface area contributed by atoms with E-state index in [9.17, 15) is 13.2 Å². The second-order valence-corrected chi connectivity index (χ2v) is 6.03. The monoisotopic (exact) mass is 270 g/mol. The first-order valence-corrected chi connectivity index (χ1v) is 7.19. The van der Waals surface area contributed by atoms with E-state index in [4.69, 9.17) is 5.14 Å². The molecule has 1 aromatic rings. The summed E-state index contributed by atoms with van der Waals surface area (Å²) in [6.07, 6.45) is 4.91. The van der Waals surface area contributed by atoms with E-state index in [0.717, 1.165) is 0 Å². The van der Waals surface area contributed by atoms with Gasteiger partial charge in [-0.25, -0.2) is 13.6 Å². The zero-order valence-electron chi connectivity index (χ0n) is 9.69. The van der Waals surface area contributed by atoms with Crippen LogP contribution in [0.2, 0.25) is 0 Å². The van der Waals surface area contributed by atoms with Gasteiger partial charge in [0, 0.05) is 31.3 Å². The van der Waals surface area contributed by atoms with Crippen LogP contribution < -0.4 is 5.14 Å². The molecular formula is C10H14N4O3S. The second-order valence-electron chi connectivity index (χ2n) is 4.37. The molecule has 0 radical (unpaired) electrons. The maximum atomic E-state index is 11.7. The summed E-state index contributed by atoms with van der Waals surface area (Å²) in [6.45, 7) is 0.750. The van der Waals surface area contributed by atoms with Crippen molar-refractivity contribution in [2.45, 2.75) is 13.0 Å². The summed E-state index contributed by atoms with van der Waals surface area (Å²) in [4.78, 5) is 21.3. The number of sulfonamides is 1.